The van der Waals surface area contributed by atoms with Crippen molar-refractivity contribution in [1.29, 1.82) is 0 Å². The molecule has 0 aliphatic carbocycles. The predicted octanol–water partition coefficient (Wildman–Crippen LogP) is 2.29. The van der Waals surface area contributed by atoms with Gasteiger partial charge in [0.1, 0.15) is 0 Å². The molecule has 0 saturated carbocycles. The highest BCUT2D eigenvalue weighted by molar-refractivity contribution is 6.05. The number of hydrogen-bond acceptors (Lipinski definition) is 4. The van der Waals surface area contributed by atoms with E-state index in [1.807, 2.05) is 23.6 Å². The van der Waals surface area contributed by atoms with Crippen molar-refractivity contribution < 1.29 is 14.7 Å². The number of anilines is 1. The largest absolute Gasteiger partial charge is 0.392 e. The summed E-state index contributed by atoms with van der Waals surface area (Å²) >= 11 is 0. The highest BCUT2D eigenvalue weighted by Crippen LogP contribution is 2.22. The Morgan fingerprint density at radius 3 is 2.65 bits per heavy atom. The molecule has 1 aromatic heterocycles. The van der Waals surface area contributed by atoms with E-state index in [-0.39, 0.29) is 18.1 Å². The highest BCUT2D eigenvalue weighted by atomic mass is 16.3. The molecule has 3 aromatic rings. The second-order valence-electron chi connectivity index (χ2n) is 5.97. The number of hydrogen-bond donors (Lipinski definition) is 3. The van der Waals surface area contributed by atoms with Gasteiger partial charge in [-0.05, 0) is 42.3 Å². The molecule has 0 saturated heterocycles. The summed E-state index contributed by atoms with van der Waals surface area (Å²) in [6.45, 7) is 2.64. The lowest BCUT2D eigenvalue weighted by Gasteiger charge is -2.09. The van der Waals surface area contributed by atoms with Crippen molar-refractivity contribution in [2.75, 3.05) is 5.32 Å². The van der Waals surface area contributed by atoms with Gasteiger partial charge < -0.3 is 15.4 Å². The molecule has 7 heteroatoms. The number of aryl methyl sites for hydroxylation is 1. The lowest BCUT2D eigenvalue weighted by molar-refractivity contribution is 0.1000. The Hall–Kier alpha value is -3.19. The van der Waals surface area contributed by atoms with Gasteiger partial charge in [-0.25, -0.2) is 4.98 Å². The van der Waals surface area contributed by atoms with Crippen LogP contribution in [0.4, 0.5) is 5.95 Å². The van der Waals surface area contributed by atoms with Crippen LogP contribution in [0.5, 0.6) is 0 Å². The number of carbonyl (C=O) groups excluding carboxylic acids is 2. The van der Waals surface area contributed by atoms with Crippen molar-refractivity contribution in [2.45, 2.75) is 26.5 Å². The normalized spacial score (nSPS) is 10.8. The van der Waals surface area contributed by atoms with E-state index in [9.17, 15) is 14.7 Å². The topological polar surface area (TPSA) is 110 Å². The summed E-state index contributed by atoms with van der Waals surface area (Å²) in [6.07, 6.45) is 0.856. The number of nitrogens with one attached hydrogen (secondary N) is 1. The average Bonchev–Trinajstić information content (AvgIpc) is 2.98. The fraction of sp³-hybridized carbons (Fsp3) is 0.211. The molecule has 7 nitrogen and oxygen atoms in total. The third-order valence-corrected chi connectivity index (χ3v) is 4.08. The van der Waals surface area contributed by atoms with Gasteiger partial charge in [-0.15, -0.1) is 0 Å². The molecule has 134 valence electrons. The van der Waals surface area contributed by atoms with Gasteiger partial charge in [-0.2, -0.15) is 0 Å². The molecule has 0 aliphatic heterocycles. The number of primary amides is 1. The maximum absolute atomic E-state index is 12.6. The number of aliphatic hydroxyl groups is 1. The van der Waals surface area contributed by atoms with E-state index in [1.54, 1.807) is 24.3 Å². The van der Waals surface area contributed by atoms with Crippen LogP contribution in [-0.4, -0.2) is 26.5 Å². The number of benzene rings is 2. The minimum Gasteiger partial charge on any atom is -0.392 e. The maximum Gasteiger partial charge on any atom is 0.257 e. The molecule has 3 rings (SSSR count). The Morgan fingerprint density at radius 2 is 1.96 bits per heavy atom. The quantitative estimate of drug-likeness (QED) is 0.632. The Kier molecular flexibility index (Phi) is 4.99. The Bertz CT molecular complexity index is 978. The second kappa shape index (κ2) is 7.37. The highest BCUT2D eigenvalue weighted by Gasteiger charge is 2.15. The van der Waals surface area contributed by atoms with Crippen molar-refractivity contribution in [3.63, 3.8) is 0 Å². The summed E-state index contributed by atoms with van der Waals surface area (Å²) in [5.74, 6) is -0.538. The lowest BCUT2D eigenvalue weighted by Crippen LogP contribution is -2.17. The minimum atomic E-state index is -0.589. The van der Waals surface area contributed by atoms with Gasteiger partial charge >= 0.3 is 0 Å². The van der Waals surface area contributed by atoms with Crippen molar-refractivity contribution in [3.8, 4) is 0 Å². The Labute approximate surface area is 150 Å². The smallest absolute Gasteiger partial charge is 0.257 e. The fourth-order valence-electron chi connectivity index (χ4n) is 2.80. The lowest BCUT2D eigenvalue weighted by atomic mass is 10.1. The molecular formula is C19H20N4O3. The van der Waals surface area contributed by atoms with Crippen LogP contribution < -0.4 is 11.1 Å². The first-order valence-electron chi connectivity index (χ1n) is 8.34. The Morgan fingerprint density at radius 1 is 1.19 bits per heavy atom. The van der Waals surface area contributed by atoms with E-state index in [1.165, 1.54) is 6.07 Å². The second-order valence-corrected chi connectivity index (χ2v) is 5.97. The number of aromatic nitrogens is 2. The molecular weight excluding hydrogens is 332 g/mol. The van der Waals surface area contributed by atoms with Crippen LogP contribution in [0.3, 0.4) is 0 Å². The molecule has 0 radical (unpaired) electrons. The number of aliphatic hydroxyl groups excluding tert-OH is 1. The van der Waals surface area contributed by atoms with Crippen molar-refractivity contribution in [2.24, 2.45) is 5.73 Å². The molecule has 4 N–H and O–H groups in total. The molecule has 0 atom stereocenters. The number of nitrogens with zero attached hydrogens (tertiary/aromatic N) is 2. The van der Waals surface area contributed by atoms with E-state index in [0.717, 1.165) is 23.0 Å². The zero-order valence-corrected chi connectivity index (χ0v) is 14.4. The molecule has 2 amide bonds. The number of nitrogens with two attached hydrogens (primary N) is 1. The minimum absolute atomic E-state index is 0.0607. The molecule has 26 heavy (non-hydrogen) atoms. The first-order chi connectivity index (χ1) is 12.5. The van der Waals surface area contributed by atoms with Crippen LogP contribution in [0, 0.1) is 0 Å². The molecule has 0 spiro atoms. The summed E-state index contributed by atoms with van der Waals surface area (Å²) < 4.78 is 1.91. The standard InChI is InChI=1S/C19H20N4O3/c1-2-8-23-16-9-12(11-24)6-7-15(16)21-19(23)22-18(26)14-5-3-4-13(10-14)17(20)25/h3-7,9-10,24H,2,8,11H2,1H3,(H2,20,25)(H,21,22,26). The van der Waals surface area contributed by atoms with E-state index >= 15 is 0 Å². The first kappa shape index (κ1) is 17.6. The Balaban J connectivity index is 1.97. The van der Waals surface area contributed by atoms with Crippen LogP contribution in [0.15, 0.2) is 42.5 Å². The van der Waals surface area contributed by atoms with Crippen LogP contribution in [0.25, 0.3) is 11.0 Å². The van der Waals surface area contributed by atoms with Crippen LogP contribution in [0.1, 0.15) is 39.6 Å². The summed E-state index contributed by atoms with van der Waals surface area (Å²) in [6, 6.07) is 11.7. The van der Waals surface area contributed by atoms with E-state index < -0.39 is 5.91 Å². The fourth-order valence-corrected chi connectivity index (χ4v) is 2.80. The van der Waals surface area contributed by atoms with Crippen molar-refractivity contribution in [3.05, 3.63) is 59.2 Å². The number of rotatable bonds is 6. The molecule has 0 unspecified atom stereocenters. The van der Waals surface area contributed by atoms with E-state index in [2.05, 4.69) is 10.3 Å². The average molecular weight is 352 g/mol. The number of amides is 2. The molecule has 0 bridgehead atoms. The van der Waals surface area contributed by atoms with Gasteiger partial charge in [-0.3, -0.25) is 14.9 Å². The third kappa shape index (κ3) is 3.43. The van der Waals surface area contributed by atoms with Crippen LogP contribution in [0.2, 0.25) is 0 Å². The van der Waals surface area contributed by atoms with Gasteiger partial charge in [0.25, 0.3) is 5.91 Å². The van der Waals surface area contributed by atoms with E-state index in [0.29, 0.717) is 18.1 Å². The third-order valence-electron chi connectivity index (χ3n) is 4.08. The zero-order valence-electron chi connectivity index (χ0n) is 14.4. The monoisotopic (exact) mass is 352 g/mol. The van der Waals surface area contributed by atoms with Crippen molar-refractivity contribution >= 4 is 28.8 Å². The molecule has 0 fully saturated rings. The van der Waals surface area contributed by atoms with Gasteiger partial charge in [0.15, 0.2) is 0 Å². The summed E-state index contributed by atoms with van der Waals surface area (Å²) in [4.78, 5) is 28.4. The van der Waals surface area contributed by atoms with Gasteiger partial charge in [0, 0.05) is 17.7 Å². The van der Waals surface area contributed by atoms with E-state index in [4.69, 9.17) is 5.73 Å². The SMILES string of the molecule is CCCn1c(NC(=O)c2cccc(C(N)=O)c2)nc2ccc(CO)cc21. The van der Waals surface area contributed by atoms with Crippen LogP contribution >= 0.6 is 0 Å². The van der Waals surface area contributed by atoms with Crippen LogP contribution in [-0.2, 0) is 13.2 Å². The van der Waals surface area contributed by atoms with Gasteiger partial charge in [-0.1, -0.05) is 19.1 Å². The number of fused-ring (bicyclic) bond motifs is 1. The van der Waals surface area contributed by atoms with Gasteiger partial charge in [0.05, 0.1) is 17.6 Å². The number of carbonyl (C=O) groups is 2. The maximum atomic E-state index is 12.6. The van der Waals surface area contributed by atoms with Crippen molar-refractivity contribution in [1.82, 2.24) is 9.55 Å². The summed E-state index contributed by atoms with van der Waals surface area (Å²) in [7, 11) is 0. The summed E-state index contributed by atoms with van der Waals surface area (Å²) in [5, 5.41) is 12.2. The summed E-state index contributed by atoms with van der Waals surface area (Å²) in [5.41, 5.74) is 8.23. The first-order valence-corrected chi connectivity index (χ1v) is 8.34. The number of imidazole rings is 1. The molecule has 1 heterocycles. The zero-order chi connectivity index (χ0) is 18.7. The molecule has 2 aromatic carbocycles. The predicted molar refractivity (Wildman–Crippen MR) is 98.9 cm³/mol. The molecule has 0 aliphatic rings. The van der Waals surface area contributed by atoms with Gasteiger partial charge in [0.2, 0.25) is 11.9 Å².